The molecule has 5 heteroatoms. The Labute approximate surface area is 125 Å². The maximum atomic E-state index is 12.4. The molecule has 0 spiro atoms. The number of amides is 2. The van der Waals surface area contributed by atoms with Crippen molar-refractivity contribution in [3.8, 4) is 0 Å². The molecule has 1 aliphatic heterocycles. The summed E-state index contributed by atoms with van der Waals surface area (Å²) in [6, 6.07) is 9.05. The fourth-order valence-corrected chi connectivity index (χ4v) is 2.16. The van der Waals surface area contributed by atoms with Gasteiger partial charge in [0.1, 0.15) is 6.04 Å². The number of hydrogen-bond acceptors (Lipinski definition) is 3. The van der Waals surface area contributed by atoms with Crippen LogP contribution in [-0.4, -0.2) is 41.5 Å². The third-order valence-electron chi connectivity index (χ3n) is 3.18. The van der Waals surface area contributed by atoms with Crippen molar-refractivity contribution < 1.29 is 14.3 Å². The average Bonchev–Trinajstić information content (AvgIpc) is 2.41. The molecule has 0 aromatic heterocycles. The predicted octanol–water partition coefficient (Wildman–Crippen LogP) is 1.33. The highest BCUT2D eigenvalue weighted by molar-refractivity contribution is 5.94. The summed E-state index contributed by atoms with van der Waals surface area (Å²) in [7, 11) is 0. The number of ether oxygens (including phenoxy) is 1. The molecule has 1 N–H and O–H groups in total. The Morgan fingerprint density at radius 3 is 2.52 bits per heavy atom. The number of carbonyl (C=O) groups is 2. The lowest BCUT2D eigenvalue weighted by Crippen LogP contribution is -2.59. The van der Waals surface area contributed by atoms with Gasteiger partial charge < -0.3 is 15.0 Å². The van der Waals surface area contributed by atoms with Crippen molar-refractivity contribution in [1.82, 2.24) is 10.2 Å². The van der Waals surface area contributed by atoms with Crippen LogP contribution in [0.2, 0.25) is 0 Å². The van der Waals surface area contributed by atoms with E-state index in [0.29, 0.717) is 6.54 Å². The van der Waals surface area contributed by atoms with Gasteiger partial charge in [-0.25, -0.2) is 0 Å². The molecular weight excluding hydrogens is 268 g/mol. The van der Waals surface area contributed by atoms with E-state index in [-0.39, 0.29) is 30.6 Å². The molecule has 1 aromatic carbocycles. The second kappa shape index (κ2) is 6.26. The Kier molecular flexibility index (Phi) is 4.63. The topological polar surface area (TPSA) is 58.6 Å². The van der Waals surface area contributed by atoms with Crippen LogP contribution in [0.15, 0.2) is 30.3 Å². The van der Waals surface area contributed by atoms with Gasteiger partial charge in [0, 0.05) is 6.54 Å². The normalized spacial score (nSPS) is 19.6. The summed E-state index contributed by atoms with van der Waals surface area (Å²) in [4.78, 5) is 25.8. The van der Waals surface area contributed by atoms with Gasteiger partial charge in [-0.1, -0.05) is 30.3 Å². The third-order valence-corrected chi connectivity index (χ3v) is 3.18. The van der Waals surface area contributed by atoms with Crippen molar-refractivity contribution in [3.05, 3.63) is 35.9 Å². The number of hydrogen-bond donors (Lipinski definition) is 1. The van der Waals surface area contributed by atoms with Crippen LogP contribution >= 0.6 is 0 Å². The molecule has 1 aliphatic rings. The van der Waals surface area contributed by atoms with Crippen LogP contribution in [0.1, 0.15) is 26.3 Å². The number of rotatable bonds is 4. The molecule has 0 aliphatic carbocycles. The first-order valence-corrected chi connectivity index (χ1v) is 7.11. The van der Waals surface area contributed by atoms with Crippen molar-refractivity contribution in [3.63, 3.8) is 0 Å². The second-order valence-electron chi connectivity index (χ2n) is 6.22. The van der Waals surface area contributed by atoms with Crippen LogP contribution in [0.4, 0.5) is 0 Å². The number of nitrogens with zero attached hydrogens (tertiary/aromatic N) is 1. The smallest absolute Gasteiger partial charge is 0.248 e. The minimum absolute atomic E-state index is 0.0947. The minimum atomic E-state index is -0.603. The molecule has 2 rings (SSSR count). The Balaban J connectivity index is 2.02. The number of piperazine rings is 1. The lowest BCUT2D eigenvalue weighted by Gasteiger charge is -2.33. The van der Waals surface area contributed by atoms with Crippen molar-refractivity contribution in [2.24, 2.45) is 0 Å². The lowest BCUT2D eigenvalue weighted by atomic mass is 10.1. The maximum absolute atomic E-state index is 12.4. The third kappa shape index (κ3) is 4.56. The zero-order valence-corrected chi connectivity index (χ0v) is 12.8. The van der Waals surface area contributed by atoms with E-state index in [0.717, 1.165) is 5.56 Å². The summed E-state index contributed by atoms with van der Waals surface area (Å²) in [5.74, 6) is -0.240. The van der Waals surface area contributed by atoms with Crippen LogP contribution in [-0.2, 0) is 20.9 Å². The molecule has 1 atom stereocenters. The van der Waals surface area contributed by atoms with Gasteiger partial charge in [-0.15, -0.1) is 0 Å². The van der Waals surface area contributed by atoms with Gasteiger partial charge in [-0.2, -0.15) is 0 Å². The fraction of sp³-hybridized carbons (Fsp3) is 0.500. The average molecular weight is 290 g/mol. The van der Waals surface area contributed by atoms with Crippen molar-refractivity contribution in [2.45, 2.75) is 39.0 Å². The highest BCUT2D eigenvalue weighted by atomic mass is 16.5. The minimum Gasteiger partial charge on any atom is -0.373 e. The molecule has 0 bridgehead atoms. The van der Waals surface area contributed by atoms with Crippen LogP contribution in [0.5, 0.6) is 0 Å². The van der Waals surface area contributed by atoms with Gasteiger partial charge in [0.2, 0.25) is 11.8 Å². The monoisotopic (exact) mass is 290 g/mol. The van der Waals surface area contributed by atoms with Crippen molar-refractivity contribution >= 4 is 11.8 Å². The van der Waals surface area contributed by atoms with Gasteiger partial charge in [0.25, 0.3) is 0 Å². The SMILES string of the molecule is CC(C)(C)OCC1NC(=O)CN(Cc2ccccc2)C1=O. The zero-order valence-electron chi connectivity index (χ0n) is 12.8. The molecule has 1 heterocycles. The van der Waals surface area contributed by atoms with Gasteiger partial charge in [0.05, 0.1) is 18.8 Å². The van der Waals surface area contributed by atoms with E-state index in [4.69, 9.17) is 4.74 Å². The van der Waals surface area contributed by atoms with Gasteiger partial charge in [-0.05, 0) is 26.3 Å². The maximum Gasteiger partial charge on any atom is 0.248 e. The number of carbonyl (C=O) groups excluding carboxylic acids is 2. The number of benzene rings is 1. The molecule has 2 amide bonds. The van der Waals surface area contributed by atoms with E-state index in [9.17, 15) is 9.59 Å². The Bertz CT molecular complexity index is 508. The first-order chi connectivity index (χ1) is 9.85. The molecule has 1 fully saturated rings. The molecule has 21 heavy (non-hydrogen) atoms. The van der Waals surface area contributed by atoms with Crippen molar-refractivity contribution in [2.75, 3.05) is 13.2 Å². The quantitative estimate of drug-likeness (QED) is 0.910. The summed E-state index contributed by atoms with van der Waals surface area (Å²) >= 11 is 0. The summed E-state index contributed by atoms with van der Waals surface area (Å²) in [6.45, 7) is 6.50. The Hall–Kier alpha value is -1.88. The summed E-state index contributed by atoms with van der Waals surface area (Å²) in [6.07, 6.45) is 0. The molecule has 5 nitrogen and oxygen atoms in total. The van der Waals surface area contributed by atoms with Crippen LogP contribution in [0, 0.1) is 0 Å². The molecule has 0 saturated carbocycles. The summed E-state index contributed by atoms with van der Waals surface area (Å²) in [5.41, 5.74) is 0.670. The van der Waals surface area contributed by atoms with Gasteiger partial charge >= 0.3 is 0 Å². The first kappa shape index (κ1) is 15.5. The van der Waals surface area contributed by atoms with Gasteiger partial charge in [-0.3, -0.25) is 9.59 Å². The predicted molar refractivity (Wildman–Crippen MR) is 79.5 cm³/mol. The molecule has 114 valence electrons. The van der Waals surface area contributed by atoms with Crippen LogP contribution in [0.25, 0.3) is 0 Å². The molecule has 1 unspecified atom stereocenters. The highest BCUT2D eigenvalue weighted by Gasteiger charge is 2.33. The summed E-state index contributed by atoms with van der Waals surface area (Å²) in [5, 5.41) is 2.70. The zero-order chi connectivity index (χ0) is 15.5. The van der Waals surface area contributed by atoms with Crippen molar-refractivity contribution in [1.29, 1.82) is 0 Å². The van der Waals surface area contributed by atoms with E-state index in [2.05, 4.69) is 5.32 Å². The Morgan fingerprint density at radius 1 is 1.24 bits per heavy atom. The molecule has 1 aromatic rings. The van der Waals surface area contributed by atoms with E-state index in [1.165, 1.54) is 0 Å². The Morgan fingerprint density at radius 2 is 1.90 bits per heavy atom. The van der Waals surface area contributed by atoms with E-state index in [1.807, 2.05) is 51.1 Å². The fourth-order valence-electron chi connectivity index (χ4n) is 2.16. The van der Waals surface area contributed by atoms with E-state index < -0.39 is 6.04 Å². The van der Waals surface area contributed by atoms with Crippen LogP contribution < -0.4 is 5.32 Å². The van der Waals surface area contributed by atoms with Gasteiger partial charge in [0.15, 0.2) is 0 Å². The van der Waals surface area contributed by atoms with E-state index in [1.54, 1.807) is 4.90 Å². The first-order valence-electron chi connectivity index (χ1n) is 7.11. The molecule has 0 radical (unpaired) electrons. The van der Waals surface area contributed by atoms with E-state index >= 15 is 0 Å². The standard InChI is InChI=1S/C16H22N2O3/c1-16(2,3)21-11-13-15(20)18(10-14(19)17-13)9-12-7-5-4-6-8-12/h4-8,13H,9-11H2,1-3H3,(H,17,19). The number of nitrogens with one attached hydrogen (secondary N) is 1. The second-order valence-corrected chi connectivity index (χ2v) is 6.22. The van der Waals surface area contributed by atoms with Crippen LogP contribution in [0.3, 0.4) is 0 Å². The highest BCUT2D eigenvalue weighted by Crippen LogP contribution is 2.12. The molecular formula is C16H22N2O3. The summed E-state index contributed by atoms with van der Waals surface area (Å²) < 4.78 is 5.62. The largest absolute Gasteiger partial charge is 0.373 e. The molecule has 1 saturated heterocycles. The lowest BCUT2D eigenvalue weighted by molar-refractivity contribution is -0.148.